The molecular weight excluding hydrogens is 456 g/mol. The van der Waals surface area contributed by atoms with E-state index in [4.69, 9.17) is 18.9 Å². The van der Waals surface area contributed by atoms with Crippen molar-refractivity contribution in [2.75, 3.05) is 0 Å². The molecule has 0 amide bonds. The molecule has 206 valence electrons. The van der Waals surface area contributed by atoms with E-state index in [2.05, 4.69) is 27.7 Å². The Kier molecular flexibility index (Phi) is 5.26. The Morgan fingerprint density at radius 3 is 1.31 bits per heavy atom. The number of hydrogen-bond donors (Lipinski definition) is 2. The average molecular weight is 507 g/mol. The SMILES string of the molecule is CC1CCC2OC(C)(C)C3(O)CCC2(O3)C1(C)CCC1(C)C(C)CCC2OC(C)(C)C3(O)CCC21O3. The molecule has 0 aromatic rings. The molecule has 0 aromatic heterocycles. The molecule has 2 N–H and O–H groups in total. The molecule has 6 heteroatoms. The number of aliphatic hydroxyl groups is 2. The third-order valence-corrected chi connectivity index (χ3v) is 13.2. The summed E-state index contributed by atoms with van der Waals surface area (Å²) in [4.78, 5) is 0. The fourth-order valence-corrected chi connectivity index (χ4v) is 9.74. The molecule has 6 nitrogen and oxygen atoms in total. The first-order valence-electron chi connectivity index (χ1n) is 14.7. The van der Waals surface area contributed by atoms with Gasteiger partial charge in [-0.05, 0) is 90.9 Å². The van der Waals surface area contributed by atoms with E-state index in [0.717, 1.165) is 51.4 Å². The van der Waals surface area contributed by atoms with Crippen molar-refractivity contribution in [3.8, 4) is 0 Å². The third kappa shape index (κ3) is 2.85. The van der Waals surface area contributed by atoms with Gasteiger partial charge >= 0.3 is 0 Å². The number of hydrogen-bond acceptors (Lipinski definition) is 6. The molecule has 10 unspecified atom stereocenters. The van der Waals surface area contributed by atoms with E-state index < -0.39 is 34.0 Å². The molecule has 2 spiro atoms. The Morgan fingerprint density at radius 2 is 0.944 bits per heavy atom. The molecule has 0 aromatic carbocycles. The molecule has 4 aliphatic heterocycles. The van der Waals surface area contributed by atoms with Gasteiger partial charge in [-0.15, -0.1) is 0 Å². The number of fused-ring (bicyclic) bond motifs is 2. The Morgan fingerprint density at radius 1 is 0.583 bits per heavy atom. The molecule has 2 saturated carbocycles. The zero-order valence-electron chi connectivity index (χ0n) is 23.9. The molecule has 2 aliphatic carbocycles. The standard InChI is InChI=1S/C30H50O6/c1-19-9-11-21-27(15-17-29(31,35-27)23(3,4)33-21)25(19,7)13-14-26(8)20(2)10-12-22-28(26)16-18-30(32,36-28)24(5,6)34-22/h19-22,31-32H,9-18H2,1-8H3. The number of rotatable bonds is 3. The van der Waals surface area contributed by atoms with Gasteiger partial charge in [0.25, 0.3) is 0 Å². The van der Waals surface area contributed by atoms with Gasteiger partial charge in [0.2, 0.25) is 0 Å². The monoisotopic (exact) mass is 506 g/mol. The average Bonchev–Trinajstić information content (AvgIpc) is 3.32. The highest BCUT2D eigenvalue weighted by atomic mass is 16.7. The molecule has 6 rings (SSSR count). The minimum absolute atomic E-state index is 0.00519. The second kappa shape index (κ2) is 7.28. The van der Waals surface area contributed by atoms with Gasteiger partial charge in [0, 0.05) is 23.7 Å². The van der Waals surface area contributed by atoms with Crippen LogP contribution in [-0.2, 0) is 18.9 Å². The highest BCUT2D eigenvalue weighted by Gasteiger charge is 2.75. The molecule has 6 aliphatic rings. The Hall–Kier alpha value is -0.240. The summed E-state index contributed by atoms with van der Waals surface area (Å²) in [6.45, 7) is 17.4. The second-order valence-corrected chi connectivity index (χ2v) is 15.1. The highest BCUT2D eigenvalue weighted by molar-refractivity contribution is 5.20. The first-order valence-corrected chi connectivity index (χ1v) is 14.7. The summed E-state index contributed by atoms with van der Waals surface area (Å²) in [6.07, 6.45) is 9.06. The summed E-state index contributed by atoms with van der Waals surface area (Å²) in [5.74, 6) is -1.55. The minimum Gasteiger partial charge on any atom is -0.364 e. The van der Waals surface area contributed by atoms with E-state index >= 15 is 0 Å². The van der Waals surface area contributed by atoms with Crippen LogP contribution in [0.2, 0.25) is 0 Å². The normalized spacial score (nSPS) is 58.8. The smallest absolute Gasteiger partial charge is 0.195 e. The summed E-state index contributed by atoms with van der Waals surface area (Å²) in [5.41, 5.74) is -2.61. The zero-order valence-corrected chi connectivity index (χ0v) is 23.9. The van der Waals surface area contributed by atoms with Gasteiger partial charge in [-0.1, -0.05) is 27.7 Å². The molecule has 10 atom stereocenters. The maximum Gasteiger partial charge on any atom is 0.195 e. The van der Waals surface area contributed by atoms with Gasteiger partial charge < -0.3 is 29.2 Å². The van der Waals surface area contributed by atoms with Crippen LogP contribution in [0, 0.1) is 22.7 Å². The van der Waals surface area contributed by atoms with Gasteiger partial charge in [0.15, 0.2) is 11.6 Å². The van der Waals surface area contributed by atoms with Gasteiger partial charge in [-0.2, -0.15) is 0 Å². The van der Waals surface area contributed by atoms with E-state index in [9.17, 15) is 10.2 Å². The lowest BCUT2D eigenvalue weighted by atomic mass is 9.50. The van der Waals surface area contributed by atoms with Crippen molar-refractivity contribution in [3.05, 3.63) is 0 Å². The van der Waals surface area contributed by atoms with Crippen molar-refractivity contribution in [2.45, 2.75) is 166 Å². The van der Waals surface area contributed by atoms with Crippen molar-refractivity contribution < 1.29 is 29.2 Å². The second-order valence-electron chi connectivity index (χ2n) is 15.1. The fourth-order valence-electron chi connectivity index (χ4n) is 9.74. The van der Waals surface area contributed by atoms with E-state index in [1.54, 1.807) is 0 Å². The topological polar surface area (TPSA) is 77.4 Å². The van der Waals surface area contributed by atoms with Gasteiger partial charge in [-0.3, -0.25) is 0 Å². The van der Waals surface area contributed by atoms with Crippen LogP contribution in [0.3, 0.4) is 0 Å². The van der Waals surface area contributed by atoms with Crippen LogP contribution < -0.4 is 0 Å². The van der Waals surface area contributed by atoms with E-state index in [-0.39, 0.29) is 23.0 Å². The highest BCUT2D eigenvalue weighted by Crippen LogP contribution is 2.68. The van der Waals surface area contributed by atoms with Crippen LogP contribution in [0.5, 0.6) is 0 Å². The van der Waals surface area contributed by atoms with Crippen LogP contribution in [0.4, 0.5) is 0 Å². The summed E-state index contributed by atoms with van der Waals surface area (Å²) >= 11 is 0. The summed E-state index contributed by atoms with van der Waals surface area (Å²) in [6, 6.07) is 0. The molecule has 6 fully saturated rings. The van der Waals surface area contributed by atoms with E-state index in [1.165, 1.54) is 0 Å². The van der Waals surface area contributed by atoms with Crippen LogP contribution in [0.15, 0.2) is 0 Å². The van der Waals surface area contributed by atoms with Crippen molar-refractivity contribution >= 4 is 0 Å². The van der Waals surface area contributed by atoms with Crippen LogP contribution in [0.25, 0.3) is 0 Å². The summed E-state index contributed by atoms with van der Waals surface area (Å²) in [7, 11) is 0. The first kappa shape index (κ1) is 26.0. The lowest BCUT2D eigenvalue weighted by Gasteiger charge is -2.64. The molecule has 4 heterocycles. The van der Waals surface area contributed by atoms with Crippen LogP contribution in [-0.4, -0.2) is 56.4 Å². The van der Waals surface area contributed by atoms with Gasteiger partial charge in [-0.25, -0.2) is 0 Å². The van der Waals surface area contributed by atoms with E-state index in [1.807, 2.05) is 27.7 Å². The van der Waals surface area contributed by atoms with Crippen LogP contribution in [0.1, 0.15) is 120 Å². The minimum atomic E-state index is -1.23. The first-order chi connectivity index (χ1) is 16.5. The summed E-state index contributed by atoms with van der Waals surface area (Å²) < 4.78 is 27.0. The summed E-state index contributed by atoms with van der Waals surface area (Å²) in [5, 5.41) is 23.0. The maximum absolute atomic E-state index is 11.5. The van der Waals surface area contributed by atoms with Crippen molar-refractivity contribution in [1.82, 2.24) is 0 Å². The lowest BCUT2D eigenvalue weighted by molar-refractivity contribution is -0.415. The van der Waals surface area contributed by atoms with Crippen molar-refractivity contribution in [1.29, 1.82) is 0 Å². The number of ether oxygens (including phenoxy) is 4. The van der Waals surface area contributed by atoms with Crippen molar-refractivity contribution in [2.24, 2.45) is 22.7 Å². The molecule has 4 saturated heterocycles. The van der Waals surface area contributed by atoms with Crippen molar-refractivity contribution in [3.63, 3.8) is 0 Å². The lowest BCUT2D eigenvalue weighted by Crippen LogP contribution is -2.71. The molecule has 36 heavy (non-hydrogen) atoms. The molecule has 4 bridgehead atoms. The van der Waals surface area contributed by atoms with Gasteiger partial charge in [0.1, 0.15) is 22.4 Å². The maximum atomic E-state index is 11.5. The zero-order chi connectivity index (χ0) is 26.2. The van der Waals surface area contributed by atoms with Crippen LogP contribution >= 0.6 is 0 Å². The Bertz CT molecular complexity index is 860. The molecular formula is C30H50O6. The third-order valence-electron chi connectivity index (χ3n) is 13.2. The Labute approximate surface area is 217 Å². The fraction of sp³-hybridized carbons (Fsp3) is 1.00. The predicted octanol–water partition coefficient (Wildman–Crippen LogP) is 5.47. The largest absolute Gasteiger partial charge is 0.364 e. The quantitative estimate of drug-likeness (QED) is 0.529. The Balaban J connectivity index is 1.34. The van der Waals surface area contributed by atoms with E-state index in [0.29, 0.717) is 24.7 Å². The van der Waals surface area contributed by atoms with Gasteiger partial charge in [0.05, 0.1) is 12.2 Å². The molecule has 0 radical (unpaired) electrons. The predicted molar refractivity (Wildman–Crippen MR) is 136 cm³/mol.